The molecule has 2 unspecified atom stereocenters. The smallest absolute Gasteiger partial charge is 0.188 e. The van der Waals surface area contributed by atoms with Crippen LogP contribution in [0.4, 0.5) is 0 Å². The Morgan fingerprint density at radius 3 is 1.29 bits per heavy atom. The van der Waals surface area contributed by atoms with Crippen molar-refractivity contribution in [3.8, 4) is 0 Å². The predicted octanol–water partition coefficient (Wildman–Crippen LogP) is 8.68. The van der Waals surface area contributed by atoms with E-state index in [2.05, 4.69) is 41.5 Å². The number of rotatable bonds is 18. The summed E-state index contributed by atoms with van der Waals surface area (Å²) in [6, 6.07) is 7.81. The third-order valence-electron chi connectivity index (χ3n) is 6.74. The van der Waals surface area contributed by atoms with E-state index in [9.17, 15) is 10.2 Å². The fourth-order valence-corrected chi connectivity index (χ4v) is 4.11. The first kappa shape index (κ1) is 35.0. The summed E-state index contributed by atoms with van der Waals surface area (Å²) in [7, 11) is 0. The third-order valence-corrected chi connectivity index (χ3v) is 6.74. The molecular weight excluding hydrogens is 480 g/mol. The van der Waals surface area contributed by atoms with Crippen LogP contribution in [0.25, 0.3) is 0 Å². The standard InChI is InChI=1S/C32H58O6/c1-29(2,3)22-15-11-13-20-27(33)35-37-31(7,8)25-18-17-19-26(24-25)32(9,10)38-36-28(34)21-14-12-16-23-30(4,5)6/h17-19,24,27-28,33-34H,11-16,20-23H2,1-10H3. The van der Waals surface area contributed by atoms with Crippen LogP contribution in [0.5, 0.6) is 0 Å². The van der Waals surface area contributed by atoms with Crippen LogP contribution in [-0.4, -0.2) is 22.8 Å². The van der Waals surface area contributed by atoms with Gasteiger partial charge < -0.3 is 10.2 Å². The zero-order valence-corrected chi connectivity index (χ0v) is 26.1. The highest BCUT2D eigenvalue weighted by atomic mass is 17.2. The lowest BCUT2D eigenvalue weighted by Crippen LogP contribution is -2.28. The maximum absolute atomic E-state index is 10.2. The first-order valence-corrected chi connectivity index (χ1v) is 14.6. The van der Waals surface area contributed by atoms with Crippen LogP contribution < -0.4 is 0 Å². The zero-order chi connectivity index (χ0) is 29.0. The molecule has 6 heteroatoms. The summed E-state index contributed by atoms with van der Waals surface area (Å²) in [5, 5.41) is 20.5. The van der Waals surface area contributed by atoms with Gasteiger partial charge >= 0.3 is 0 Å². The van der Waals surface area contributed by atoms with Gasteiger partial charge in [-0.15, -0.1) is 0 Å². The van der Waals surface area contributed by atoms with Crippen LogP contribution in [0.1, 0.15) is 145 Å². The largest absolute Gasteiger partial charge is 0.366 e. The quantitative estimate of drug-likeness (QED) is 0.0842. The maximum atomic E-state index is 10.2. The molecular formula is C32H58O6. The summed E-state index contributed by atoms with van der Waals surface area (Å²) in [4.78, 5) is 22.1. The van der Waals surface area contributed by atoms with E-state index < -0.39 is 23.8 Å². The van der Waals surface area contributed by atoms with Crippen molar-refractivity contribution in [2.75, 3.05) is 0 Å². The van der Waals surface area contributed by atoms with Crippen molar-refractivity contribution in [2.24, 2.45) is 10.8 Å². The highest BCUT2D eigenvalue weighted by Crippen LogP contribution is 2.32. The van der Waals surface area contributed by atoms with E-state index in [0.717, 1.165) is 49.7 Å². The van der Waals surface area contributed by atoms with Crippen LogP contribution in [0.2, 0.25) is 0 Å². The Morgan fingerprint density at radius 1 is 0.579 bits per heavy atom. The first-order chi connectivity index (χ1) is 17.4. The van der Waals surface area contributed by atoms with Gasteiger partial charge in [0.15, 0.2) is 12.6 Å². The molecule has 0 bridgehead atoms. The molecule has 0 saturated carbocycles. The van der Waals surface area contributed by atoms with E-state index in [1.807, 2.05) is 52.0 Å². The molecule has 0 fully saturated rings. The van der Waals surface area contributed by atoms with Crippen LogP contribution >= 0.6 is 0 Å². The van der Waals surface area contributed by atoms with E-state index >= 15 is 0 Å². The van der Waals surface area contributed by atoms with Crippen molar-refractivity contribution in [3.05, 3.63) is 35.4 Å². The molecule has 0 aliphatic rings. The summed E-state index contributed by atoms with van der Waals surface area (Å²) in [5.41, 5.74) is 0.869. The topological polar surface area (TPSA) is 77.4 Å². The van der Waals surface area contributed by atoms with Crippen molar-refractivity contribution in [2.45, 2.75) is 157 Å². The lowest BCUT2D eigenvalue weighted by molar-refractivity contribution is -0.419. The van der Waals surface area contributed by atoms with E-state index in [0.29, 0.717) is 23.7 Å². The maximum Gasteiger partial charge on any atom is 0.188 e. The van der Waals surface area contributed by atoms with Crippen LogP contribution in [0, 0.1) is 10.8 Å². The molecule has 1 rings (SSSR count). The van der Waals surface area contributed by atoms with E-state index in [-0.39, 0.29) is 0 Å². The number of benzene rings is 1. The molecule has 6 nitrogen and oxygen atoms in total. The minimum Gasteiger partial charge on any atom is -0.366 e. The monoisotopic (exact) mass is 538 g/mol. The van der Waals surface area contributed by atoms with Crippen molar-refractivity contribution in [3.63, 3.8) is 0 Å². The van der Waals surface area contributed by atoms with E-state index in [1.165, 1.54) is 12.8 Å². The van der Waals surface area contributed by atoms with Crippen LogP contribution in [0.15, 0.2) is 24.3 Å². The number of hydrogen-bond acceptors (Lipinski definition) is 6. The average molecular weight is 539 g/mol. The van der Waals surface area contributed by atoms with Gasteiger partial charge in [0.25, 0.3) is 0 Å². The van der Waals surface area contributed by atoms with Gasteiger partial charge in [0.2, 0.25) is 0 Å². The second-order valence-corrected chi connectivity index (χ2v) is 14.2. The lowest BCUT2D eigenvalue weighted by atomic mass is 9.89. The minimum absolute atomic E-state index is 0.341. The second-order valence-electron chi connectivity index (χ2n) is 14.2. The SMILES string of the molecule is CC(C)(C)CCCCCC(O)OOC(C)(C)c1cccc(C(C)(C)OOC(O)CCCCCC(C)(C)C)c1. The van der Waals surface area contributed by atoms with Crippen LogP contribution in [-0.2, 0) is 30.8 Å². The number of aliphatic hydroxyl groups is 2. The summed E-state index contributed by atoms with van der Waals surface area (Å²) < 4.78 is 0. The van der Waals surface area contributed by atoms with Gasteiger partial charge in [-0.2, -0.15) is 0 Å². The van der Waals surface area contributed by atoms with E-state index in [1.54, 1.807) is 0 Å². The number of hydrogen-bond donors (Lipinski definition) is 2. The Balaban J connectivity index is 2.51. The molecule has 0 saturated heterocycles. The Kier molecular flexibility index (Phi) is 14.4. The Labute approximate surface area is 233 Å². The molecule has 222 valence electrons. The average Bonchev–Trinajstić information content (AvgIpc) is 2.80. The fraction of sp³-hybridized carbons (Fsp3) is 0.812. The van der Waals surface area contributed by atoms with Crippen LogP contribution in [0.3, 0.4) is 0 Å². The Hall–Kier alpha value is -1.02. The number of aliphatic hydroxyl groups excluding tert-OH is 2. The van der Waals surface area contributed by atoms with Gasteiger partial charge in [0.1, 0.15) is 11.2 Å². The lowest BCUT2D eigenvalue weighted by Gasteiger charge is -2.29. The zero-order valence-electron chi connectivity index (χ0n) is 26.1. The molecule has 38 heavy (non-hydrogen) atoms. The molecule has 0 aliphatic carbocycles. The molecule has 1 aromatic carbocycles. The first-order valence-electron chi connectivity index (χ1n) is 14.6. The third kappa shape index (κ3) is 15.5. The molecule has 0 aliphatic heterocycles. The molecule has 1 aromatic rings. The fourth-order valence-electron chi connectivity index (χ4n) is 4.11. The number of unbranched alkanes of at least 4 members (excludes halogenated alkanes) is 4. The molecule has 0 aromatic heterocycles. The van der Waals surface area contributed by atoms with Gasteiger partial charge in [-0.25, -0.2) is 19.6 Å². The van der Waals surface area contributed by atoms with Gasteiger partial charge in [0.05, 0.1) is 0 Å². The highest BCUT2D eigenvalue weighted by Gasteiger charge is 2.29. The Bertz CT molecular complexity index is 714. The van der Waals surface area contributed by atoms with Gasteiger partial charge in [-0.3, -0.25) is 0 Å². The second kappa shape index (κ2) is 15.7. The molecule has 2 N–H and O–H groups in total. The molecule has 2 atom stereocenters. The molecule has 0 radical (unpaired) electrons. The van der Waals surface area contributed by atoms with Crippen molar-refractivity contribution in [1.82, 2.24) is 0 Å². The molecule has 0 spiro atoms. The normalized spacial score (nSPS) is 15.1. The van der Waals surface area contributed by atoms with Crippen molar-refractivity contribution in [1.29, 1.82) is 0 Å². The summed E-state index contributed by atoms with van der Waals surface area (Å²) in [5.74, 6) is 0. The Morgan fingerprint density at radius 2 is 0.947 bits per heavy atom. The minimum atomic E-state index is -0.963. The van der Waals surface area contributed by atoms with Gasteiger partial charge in [0, 0.05) is 12.8 Å². The molecule has 0 amide bonds. The molecule has 0 heterocycles. The van der Waals surface area contributed by atoms with Gasteiger partial charge in [-0.05, 0) is 81.4 Å². The highest BCUT2D eigenvalue weighted by molar-refractivity contribution is 5.30. The summed E-state index contributed by atoms with van der Waals surface area (Å²) in [6.07, 6.45) is 7.70. The van der Waals surface area contributed by atoms with Crippen molar-refractivity contribution >= 4 is 0 Å². The summed E-state index contributed by atoms with van der Waals surface area (Å²) >= 11 is 0. The van der Waals surface area contributed by atoms with Gasteiger partial charge in [-0.1, -0.05) is 85.4 Å². The van der Waals surface area contributed by atoms with E-state index in [4.69, 9.17) is 19.6 Å². The summed E-state index contributed by atoms with van der Waals surface area (Å²) in [6.45, 7) is 21.1. The predicted molar refractivity (Wildman–Crippen MR) is 154 cm³/mol. The van der Waals surface area contributed by atoms with Crippen molar-refractivity contribution < 1.29 is 29.8 Å².